The first-order chi connectivity index (χ1) is 8.95. The van der Waals surface area contributed by atoms with Crippen molar-refractivity contribution in [3.05, 3.63) is 29.6 Å². The SMILES string of the molecule is CSCCC(C)N(C)Cc1ccc(F)c(B(O)O)c1. The quantitative estimate of drug-likeness (QED) is 0.736. The maximum atomic E-state index is 13.3. The highest BCUT2D eigenvalue weighted by Crippen LogP contribution is 2.11. The lowest BCUT2D eigenvalue weighted by Crippen LogP contribution is -2.34. The molecule has 0 saturated heterocycles. The molecule has 0 aliphatic rings. The highest BCUT2D eigenvalue weighted by Gasteiger charge is 2.17. The molecule has 0 heterocycles. The molecule has 106 valence electrons. The Morgan fingerprint density at radius 2 is 2.11 bits per heavy atom. The fourth-order valence-corrected chi connectivity index (χ4v) is 2.42. The molecule has 1 atom stereocenters. The Labute approximate surface area is 119 Å². The minimum absolute atomic E-state index is 0.0670. The first kappa shape index (κ1) is 16.5. The fraction of sp³-hybridized carbons (Fsp3) is 0.538. The van der Waals surface area contributed by atoms with Crippen molar-refractivity contribution in [2.24, 2.45) is 0 Å². The van der Waals surface area contributed by atoms with Gasteiger partial charge < -0.3 is 10.0 Å². The summed E-state index contributed by atoms with van der Waals surface area (Å²) in [6, 6.07) is 4.90. The van der Waals surface area contributed by atoms with Crippen molar-refractivity contribution in [3.8, 4) is 0 Å². The Kier molecular flexibility index (Phi) is 6.86. The summed E-state index contributed by atoms with van der Waals surface area (Å²) in [6.07, 6.45) is 3.18. The predicted molar refractivity (Wildman–Crippen MR) is 80.2 cm³/mol. The van der Waals surface area contributed by atoms with Crippen LogP contribution in [0.4, 0.5) is 4.39 Å². The first-order valence-corrected chi connectivity index (χ1v) is 7.68. The molecule has 0 fully saturated rings. The molecule has 0 aliphatic heterocycles. The summed E-state index contributed by atoms with van der Waals surface area (Å²) < 4.78 is 13.3. The zero-order chi connectivity index (χ0) is 14.4. The van der Waals surface area contributed by atoms with Crippen LogP contribution in [0, 0.1) is 5.82 Å². The van der Waals surface area contributed by atoms with Crippen molar-refractivity contribution in [2.75, 3.05) is 19.1 Å². The molecule has 3 nitrogen and oxygen atoms in total. The van der Waals surface area contributed by atoms with Gasteiger partial charge in [0.25, 0.3) is 0 Å². The van der Waals surface area contributed by atoms with E-state index >= 15 is 0 Å². The number of rotatable bonds is 7. The van der Waals surface area contributed by atoms with E-state index in [9.17, 15) is 4.39 Å². The van der Waals surface area contributed by atoms with E-state index in [1.165, 1.54) is 12.1 Å². The Bertz CT molecular complexity index is 406. The van der Waals surface area contributed by atoms with Crippen LogP contribution in [0.2, 0.25) is 0 Å². The summed E-state index contributed by atoms with van der Waals surface area (Å²) in [5.41, 5.74) is 0.811. The fourth-order valence-electron chi connectivity index (χ4n) is 1.84. The van der Waals surface area contributed by atoms with Crippen molar-refractivity contribution in [1.82, 2.24) is 4.90 Å². The Balaban J connectivity index is 2.68. The molecule has 0 spiro atoms. The smallest absolute Gasteiger partial charge is 0.423 e. The van der Waals surface area contributed by atoms with E-state index in [-0.39, 0.29) is 5.46 Å². The van der Waals surface area contributed by atoms with Gasteiger partial charge in [0.15, 0.2) is 0 Å². The molecule has 0 amide bonds. The van der Waals surface area contributed by atoms with Gasteiger partial charge in [0.2, 0.25) is 0 Å². The molecule has 0 radical (unpaired) electrons. The second-order valence-electron chi connectivity index (χ2n) is 4.78. The normalized spacial score (nSPS) is 12.8. The van der Waals surface area contributed by atoms with Crippen LogP contribution in [0.15, 0.2) is 18.2 Å². The highest BCUT2D eigenvalue weighted by molar-refractivity contribution is 7.98. The van der Waals surface area contributed by atoms with Crippen molar-refractivity contribution < 1.29 is 14.4 Å². The molecule has 1 aromatic carbocycles. The van der Waals surface area contributed by atoms with Crippen LogP contribution in [0.5, 0.6) is 0 Å². The van der Waals surface area contributed by atoms with E-state index in [1.807, 2.05) is 18.8 Å². The van der Waals surface area contributed by atoms with Gasteiger partial charge in [-0.25, -0.2) is 4.39 Å². The summed E-state index contributed by atoms with van der Waals surface area (Å²) in [5, 5.41) is 18.2. The maximum absolute atomic E-state index is 13.3. The van der Waals surface area contributed by atoms with Gasteiger partial charge in [0.05, 0.1) is 0 Å². The summed E-state index contributed by atoms with van der Waals surface area (Å²) in [6.45, 7) is 2.82. The third kappa shape index (κ3) is 5.14. The topological polar surface area (TPSA) is 43.7 Å². The van der Waals surface area contributed by atoms with Gasteiger partial charge >= 0.3 is 7.12 Å². The van der Waals surface area contributed by atoms with Gasteiger partial charge in [-0.3, -0.25) is 4.90 Å². The van der Waals surface area contributed by atoms with Crippen molar-refractivity contribution in [1.29, 1.82) is 0 Å². The zero-order valence-corrected chi connectivity index (χ0v) is 12.5. The van der Waals surface area contributed by atoms with Crippen LogP contribution in [0.3, 0.4) is 0 Å². The molecule has 6 heteroatoms. The van der Waals surface area contributed by atoms with Crippen molar-refractivity contribution in [2.45, 2.75) is 25.9 Å². The van der Waals surface area contributed by atoms with Gasteiger partial charge in [-0.2, -0.15) is 11.8 Å². The summed E-state index contributed by atoms with van der Waals surface area (Å²) in [4.78, 5) is 2.18. The molecule has 1 aromatic rings. The minimum Gasteiger partial charge on any atom is -0.423 e. The van der Waals surface area contributed by atoms with Gasteiger partial charge in [0, 0.05) is 18.0 Å². The number of benzene rings is 1. The molecule has 1 unspecified atom stereocenters. The summed E-state index contributed by atoms with van der Waals surface area (Å²) in [7, 11) is 0.253. The zero-order valence-electron chi connectivity index (χ0n) is 11.6. The number of hydrogen-bond acceptors (Lipinski definition) is 4. The van der Waals surface area contributed by atoms with Crippen LogP contribution in [0.25, 0.3) is 0 Å². The van der Waals surface area contributed by atoms with Gasteiger partial charge in [0.1, 0.15) is 5.82 Å². The summed E-state index contributed by atoms with van der Waals surface area (Å²) >= 11 is 1.82. The average Bonchev–Trinajstić information content (AvgIpc) is 2.37. The monoisotopic (exact) mass is 285 g/mol. The van der Waals surface area contributed by atoms with E-state index in [2.05, 4.69) is 18.1 Å². The number of hydrogen-bond donors (Lipinski definition) is 2. The molecule has 2 N–H and O–H groups in total. The minimum atomic E-state index is -1.76. The number of halogens is 1. The van der Waals surface area contributed by atoms with Crippen LogP contribution in [-0.4, -0.2) is 47.2 Å². The molecule has 0 saturated carbocycles. The lowest BCUT2D eigenvalue weighted by molar-refractivity contribution is 0.245. The first-order valence-electron chi connectivity index (χ1n) is 6.29. The lowest BCUT2D eigenvalue weighted by atomic mass is 9.79. The molecular formula is C13H21BFNO2S. The second kappa shape index (κ2) is 7.90. The van der Waals surface area contributed by atoms with Crippen LogP contribution in [0.1, 0.15) is 18.9 Å². The highest BCUT2D eigenvalue weighted by atomic mass is 32.2. The molecule has 19 heavy (non-hydrogen) atoms. The predicted octanol–water partition coefficient (Wildman–Crippen LogP) is 1.08. The van der Waals surface area contributed by atoms with Gasteiger partial charge in [-0.15, -0.1) is 0 Å². The largest absolute Gasteiger partial charge is 0.491 e. The van der Waals surface area contributed by atoms with Crippen LogP contribution in [-0.2, 0) is 6.54 Å². The van der Waals surface area contributed by atoms with Gasteiger partial charge in [-0.1, -0.05) is 12.1 Å². The van der Waals surface area contributed by atoms with Gasteiger partial charge in [-0.05, 0) is 44.0 Å². The number of thioether (sulfide) groups is 1. The van der Waals surface area contributed by atoms with E-state index < -0.39 is 12.9 Å². The molecule has 0 aliphatic carbocycles. The molecular weight excluding hydrogens is 264 g/mol. The molecule has 1 rings (SSSR count). The molecule has 0 aromatic heterocycles. The van der Waals surface area contributed by atoms with Crippen molar-refractivity contribution >= 4 is 24.3 Å². The summed E-state index contributed by atoms with van der Waals surface area (Å²) in [5.74, 6) is 0.520. The van der Waals surface area contributed by atoms with Crippen LogP contribution < -0.4 is 5.46 Å². The third-order valence-electron chi connectivity index (χ3n) is 3.26. The second-order valence-corrected chi connectivity index (χ2v) is 5.76. The lowest BCUT2D eigenvalue weighted by Gasteiger charge is -2.24. The van der Waals surface area contributed by atoms with Crippen molar-refractivity contribution in [3.63, 3.8) is 0 Å². The Morgan fingerprint density at radius 3 is 2.68 bits per heavy atom. The van der Waals surface area contributed by atoms with E-state index in [1.54, 1.807) is 6.07 Å². The average molecular weight is 285 g/mol. The van der Waals surface area contributed by atoms with E-state index in [4.69, 9.17) is 10.0 Å². The van der Waals surface area contributed by atoms with Crippen LogP contribution >= 0.6 is 11.8 Å². The van der Waals surface area contributed by atoms with E-state index in [0.29, 0.717) is 12.6 Å². The standard InChI is InChI=1S/C13H21BFNO2S/c1-10(6-7-19-3)16(2)9-11-4-5-13(15)12(8-11)14(17)18/h4-5,8,10,17-18H,6-7,9H2,1-3H3. The Morgan fingerprint density at radius 1 is 1.42 bits per heavy atom. The molecule has 0 bridgehead atoms. The Hall–Kier alpha value is -0.555. The van der Waals surface area contributed by atoms with E-state index in [0.717, 1.165) is 17.7 Å². The maximum Gasteiger partial charge on any atom is 0.491 e. The number of nitrogens with zero attached hydrogens (tertiary/aromatic N) is 1. The third-order valence-corrected chi connectivity index (χ3v) is 3.91.